The number of aromatic nitrogens is 1. The van der Waals surface area contributed by atoms with Crippen molar-refractivity contribution in [3.05, 3.63) is 33.6 Å². The summed E-state index contributed by atoms with van der Waals surface area (Å²) >= 11 is 1.38. The number of ketones is 2. The molecule has 8 nitrogen and oxygen atoms in total. The molecule has 0 aromatic carbocycles. The molecule has 0 radical (unpaired) electrons. The molecule has 9 heteroatoms. The third-order valence-corrected chi connectivity index (χ3v) is 6.94. The van der Waals surface area contributed by atoms with Gasteiger partial charge in [-0.3, -0.25) is 9.59 Å². The third-order valence-electron chi connectivity index (χ3n) is 6.07. The standard InChI is InChI=1S/C18H20N4O4S/c1-7-6-27-17(19-7)21-12-8(2)14(24)13-11(15(12)25)9(5-23)18(26-3)16-10(20-16)4-22(13)18/h6,9-10,16,20,23H,4-5H2,1-3H3,(H,19,21). The number of aryl methyl sites for hydroxylation is 1. The highest BCUT2D eigenvalue weighted by atomic mass is 32.1. The zero-order chi connectivity index (χ0) is 19.1. The lowest BCUT2D eigenvalue weighted by molar-refractivity contribution is -0.137. The summed E-state index contributed by atoms with van der Waals surface area (Å²) < 4.78 is 5.87. The molecular weight excluding hydrogens is 368 g/mol. The maximum atomic E-state index is 13.4. The van der Waals surface area contributed by atoms with Crippen molar-refractivity contribution in [2.75, 3.05) is 25.6 Å². The van der Waals surface area contributed by atoms with Gasteiger partial charge in [0.1, 0.15) is 0 Å². The molecule has 0 bridgehead atoms. The Morgan fingerprint density at radius 3 is 2.85 bits per heavy atom. The molecule has 4 unspecified atom stereocenters. The first-order valence-corrected chi connectivity index (χ1v) is 9.75. The molecule has 0 saturated carbocycles. The zero-order valence-corrected chi connectivity index (χ0v) is 16.0. The van der Waals surface area contributed by atoms with Crippen LogP contribution in [-0.4, -0.2) is 64.6 Å². The zero-order valence-electron chi connectivity index (χ0n) is 15.2. The van der Waals surface area contributed by atoms with Crippen LogP contribution in [0.5, 0.6) is 0 Å². The molecule has 4 heterocycles. The van der Waals surface area contributed by atoms with Crippen molar-refractivity contribution in [2.24, 2.45) is 5.92 Å². The second kappa shape index (κ2) is 5.48. The molecule has 1 aromatic rings. The number of carbonyl (C=O) groups is 2. The molecule has 3 N–H and O–H groups in total. The van der Waals surface area contributed by atoms with Gasteiger partial charge in [0.2, 0.25) is 11.6 Å². The lowest BCUT2D eigenvalue weighted by atomic mass is 9.82. The number of piperazine rings is 1. The van der Waals surface area contributed by atoms with E-state index in [4.69, 9.17) is 4.74 Å². The summed E-state index contributed by atoms with van der Waals surface area (Å²) in [6, 6.07) is 0.224. The van der Waals surface area contributed by atoms with E-state index in [1.54, 1.807) is 14.0 Å². The molecule has 4 aliphatic rings. The fourth-order valence-electron chi connectivity index (χ4n) is 4.81. The van der Waals surface area contributed by atoms with Crippen molar-refractivity contribution in [1.29, 1.82) is 0 Å². The van der Waals surface area contributed by atoms with Gasteiger partial charge in [0, 0.05) is 36.2 Å². The van der Waals surface area contributed by atoms with Gasteiger partial charge in [-0.1, -0.05) is 0 Å². The monoisotopic (exact) mass is 388 g/mol. The quantitative estimate of drug-likeness (QED) is 0.494. The van der Waals surface area contributed by atoms with E-state index in [1.165, 1.54) is 11.3 Å². The molecule has 3 aliphatic heterocycles. The number of hydrogen-bond donors (Lipinski definition) is 3. The normalized spacial score (nSPS) is 34.2. The number of hydrogen-bond acceptors (Lipinski definition) is 9. The molecule has 1 aliphatic carbocycles. The number of ether oxygens (including phenoxy) is 1. The van der Waals surface area contributed by atoms with E-state index in [0.29, 0.717) is 28.5 Å². The van der Waals surface area contributed by atoms with E-state index in [9.17, 15) is 14.7 Å². The second-order valence-electron chi connectivity index (χ2n) is 7.39. The minimum Gasteiger partial charge on any atom is -0.396 e. The Hall–Kier alpha value is -2.07. The van der Waals surface area contributed by atoms with Gasteiger partial charge in [-0.25, -0.2) is 4.98 Å². The molecule has 5 rings (SSSR count). The SMILES string of the molecule is COC12C(CO)C3=C(C(=O)C(C)=C(Nc4nc(C)cs4)C3=O)N1CC1NC12. The van der Waals surface area contributed by atoms with E-state index >= 15 is 0 Å². The van der Waals surface area contributed by atoms with Crippen molar-refractivity contribution in [2.45, 2.75) is 31.7 Å². The molecule has 0 amide bonds. The van der Waals surface area contributed by atoms with Gasteiger partial charge in [-0.2, -0.15) is 0 Å². The number of thiazole rings is 1. The summed E-state index contributed by atoms with van der Waals surface area (Å²) in [5.74, 6) is -1.04. The molecule has 27 heavy (non-hydrogen) atoms. The van der Waals surface area contributed by atoms with Crippen LogP contribution in [0.15, 0.2) is 27.9 Å². The summed E-state index contributed by atoms with van der Waals surface area (Å²) in [5.41, 5.74) is 1.28. The Morgan fingerprint density at radius 2 is 2.22 bits per heavy atom. The summed E-state index contributed by atoms with van der Waals surface area (Å²) in [6.45, 7) is 3.85. The number of nitrogens with zero attached hydrogens (tertiary/aromatic N) is 2. The Bertz CT molecular complexity index is 951. The number of carbonyl (C=O) groups excluding carboxylic acids is 2. The number of allylic oxidation sites excluding steroid dienone is 2. The first-order valence-electron chi connectivity index (χ1n) is 8.87. The Morgan fingerprint density at radius 1 is 1.44 bits per heavy atom. The van der Waals surface area contributed by atoms with Gasteiger partial charge in [0.25, 0.3) is 0 Å². The van der Waals surface area contributed by atoms with Crippen molar-refractivity contribution in [3.63, 3.8) is 0 Å². The van der Waals surface area contributed by atoms with E-state index < -0.39 is 11.6 Å². The number of Topliss-reactive ketones (excluding diaryl/α,β-unsaturated/α-hetero) is 2. The van der Waals surface area contributed by atoms with Gasteiger partial charge in [-0.05, 0) is 13.8 Å². The Kier molecular flexibility index (Phi) is 3.46. The molecule has 2 saturated heterocycles. The van der Waals surface area contributed by atoms with Gasteiger partial charge in [0.15, 0.2) is 10.9 Å². The van der Waals surface area contributed by atoms with Crippen LogP contribution in [0, 0.1) is 12.8 Å². The average Bonchev–Trinajstić information content (AvgIpc) is 3.05. The first-order chi connectivity index (χ1) is 12.9. The molecule has 2 fully saturated rings. The molecular formula is C18H20N4O4S. The number of fused-ring (bicyclic) bond motifs is 4. The molecule has 4 atom stereocenters. The lowest BCUT2D eigenvalue weighted by Gasteiger charge is -2.39. The van der Waals surface area contributed by atoms with Crippen LogP contribution in [0.3, 0.4) is 0 Å². The predicted octanol–water partition coefficient (Wildman–Crippen LogP) is 0.164. The van der Waals surface area contributed by atoms with Crippen molar-refractivity contribution < 1.29 is 19.4 Å². The number of aliphatic hydroxyl groups is 1. The van der Waals surface area contributed by atoms with E-state index in [-0.39, 0.29) is 36.0 Å². The maximum absolute atomic E-state index is 13.4. The highest BCUT2D eigenvalue weighted by molar-refractivity contribution is 7.13. The van der Waals surface area contributed by atoms with E-state index in [2.05, 4.69) is 15.6 Å². The van der Waals surface area contributed by atoms with E-state index in [0.717, 1.165) is 5.69 Å². The topological polar surface area (TPSA) is 114 Å². The van der Waals surface area contributed by atoms with Crippen molar-refractivity contribution in [3.8, 4) is 0 Å². The van der Waals surface area contributed by atoms with Crippen LogP contribution in [0.25, 0.3) is 0 Å². The van der Waals surface area contributed by atoms with Crippen LogP contribution < -0.4 is 10.6 Å². The van der Waals surface area contributed by atoms with Crippen LogP contribution in [-0.2, 0) is 14.3 Å². The van der Waals surface area contributed by atoms with Gasteiger partial charge < -0.3 is 25.4 Å². The number of anilines is 1. The second-order valence-corrected chi connectivity index (χ2v) is 8.25. The lowest BCUT2D eigenvalue weighted by Crippen LogP contribution is -2.54. The van der Waals surface area contributed by atoms with E-state index in [1.807, 2.05) is 17.2 Å². The largest absolute Gasteiger partial charge is 0.396 e. The Balaban J connectivity index is 1.59. The summed E-state index contributed by atoms with van der Waals surface area (Å²) in [4.78, 5) is 32.8. The highest BCUT2D eigenvalue weighted by Gasteiger charge is 2.72. The fraction of sp³-hybridized carbons (Fsp3) is 0.500. The third kappa shape index (κ3) is 2.00. The fourth-order valence-corrected chi connectivity index (χ4v) is 5.51. The minimum atomic E-state index is -0.886. The number of rotatable bonds is 4. The first kappa shape index (κ1) is 17.1. The maximum Gasteiger partial charge on any atom is 0.208 e. The average molecular weight is 388 g/mol. The van der Waals surface area contributed by atoms with Gasteiger partial charge in [0.05, 0.1) is 35.7 Å². The predicted molar refractivity (Wildman–Crippen MR) is 97.9 cm³/mol. The van der Waals surface area contributed by atoms with Crippen LogP contribution in [0.2, 0.25) is 0 Å². The molecule has 142 valence electrons. The summed E-state index contributed by atoms with van der Waals surface area (Å²) in [6.07, 6.45) is 0. The highest BCUT2D eigenvalue weighted by Crippen LogP contribution is 2.55. The number of methoxy groups -OCH3 is 1. The minimum absolute atomic E-state index is 0.00387. The molecule has 0 spiro atoms. The van der Waals surface area contributed by atoms with Crippen LogP contribution >= 0.6 is 11.3 Å². The smallest absolute Gasteiger partial charge is 0.208 e. The number of aliphatic hydroxyl groups excluding tert-OH is 1. The Labute approximate surface area is 159 Å². The molecule has 1 aromatic heterocycles. The van der Waals surface area contributed by atoms with Gasteiger partial charge >= 0.3 is 0 Å². The summed E-state index contributed by atoms with van der Waals surface area (Å²) in [7, 11) is 1.57. The summed E-state index contributed by atoms with van der Waals surface area (Å²) in [5, 5.41) is 19.0. The van der Waals surface area contributed by atoms with Crippen LogP contribution in [0.1, 0.15) is 12.6 Å². The van der Waals surface area contributed by atoms with Crippen molar-refractivity contribution in [1.82, 2.24) is 15.2 Å². The van der Waals surface area contributed by atoms with Crippen LogP contribution in [0.4, 0.5) is 5.13 Å². The number of nitrogens with one attached hydrogen (secondary N) is 2. The van der Waals surface area contributed by atoms with Crippen molar-refractivity contribution >= 4 is 28.0 Å². The van der Waals surface area contributed by atoms with Gasteiger partial charge in [-0.15, -0.1) is 11.3 Å².